The van der Waals surface area contributed by atoms with Crippen molar-refractivity contribution in [3.63, 3.8) is 0 Å². The highest BCUT2D eigenvalue weighted by atomic mass is 16.5. The first-order valence-corrected chi connectivity index (χ1v) is 12.5. The van der Waals surface area contributed by atoms with E-state index in [1.54, 1.807) is 7.11 Å². The Bertz CT molecular complexity index is 1400. The Balaban J connectivity index is 1.25. The molecule has 8 heteroatoms. The monoisotopic (exact) mass is 483 g/mol. The molecule has 184 valence electrons. The lowest BCUT2D eigenvalue weighted by Gasteiger charge is -2.27. The molecule has 6 rings (SSSR count). The van der Waals surface area contributed by atoms with Crippen molar-refractivity contribution in [2.75, 3.05) is 13.7 Å². The van der Waals surface area contributed by atoms with E-state index in [2.05, 4.69) is 22.4 Å². The van der Waals surface area contributed by atoms with Crippen LogP contribution in [0.5, 0.6) is 5.75 Å². The normalized spacial score (nSPS) is 15.1. The summed E-state index contributed by atoms with van der Waals surface area (Å²) in [7, 11) is 1.66. The van der Waals surface area contributed by atoms with Crippen molar-refractivity contribution in [2.24, 2.45) is 0 Å². The maximum Gasteiger partial charge on any atom is 0.272 e. The number of benzene rings is 2. The van der Waals surface area contributed by atoms with Gasteiger partial charge < -0.3 is 19.9 Å². The lowest BCUT2D eigenvalue weighted by atomic mass is 10.0. The third-order valence-electron chi connectivity index (χ3n) is 7.08. The van der Waals surface area contributed by atoms with E-state index in [1.165, 1.54) is 5.56 Å². The number of fused-ring (bicyclic) bond motifs is 2. The largest absolute Gasteiger partial charge is 0.497 e. The number of ether oxygens (including phenoxy) is 1. The minimum atomic E-state index is -0.142. The second-order valence-corrected chi connectivity index (χ2v) is 9.59. The van der Waals surface area contributed by atoms with Gasteiger partial charge in [-0.05, 0) is 49.1 Å². The van der Waals surface area contributed by atoms with Crippen molar-refractivity contribution in [1.29, 1.82) is 0 Å². The number of aryl methyl sites for hydroxylation is 2. The van der Waals surface area contributed by atoms with Crippen molar-refractivity contribution < 1.29 is 14.3 Å². The van der Waals surface area contributed by atoms with E-state index in [4.69, 9.17) is 9.84 Å². The van der Waals surface area contributed by atoms with Crippen LogP contribution in [-0.4, -0.2) is 51.2 Å². The van der Waals surface area contributed by atoms with Crippen LogP contribution in [0.3, 0.4) is 0 Å². The zero-order valence-electron chi connectivity index (χ0n) is 20.3. The SMILES string of the molecule is COc1ccc(CCn2nc(C(=O)NC3CC3)c3c2CCN(C(=O)c2cc4ccccc4[nH]2)C3)cc1. The first kappa shape index (κ1) is 22.4. The molecule has 1 fully saturated rings. The van der Waals surface area contributed by atoms with Crippen molar-refractivity contribution in [3.8, 4) is 5.75 Å². The summed E-state index contributed by atoms with van der Waals surface area (Å²) >= 11 is 0. The molecule has 2 aliphatic rings. The quantitative estimate of drug-likeness (QED) is 0.419. The Morgan fingerprint density at radius 3 is 2.69 bits per heavy atom. The molecule has 0 bridgehead atoms. The molecule has 0 unspecified atom stereocenters. The van der Waals surface area contributed by atoms with Gasteiger partial charge in [0.15, 0.2) is 5.69 Å². The summed E-state index contributed by atoms with van der Waals surface area (Å²) in [6.45, 7) is 1.62. The van der Waals surface area contributed by atoms with E-state index >= 15 is 0 Å². The van der Waals surface area contributed by atoms with Crippen LogP contribution in [0.1, 0.15) is 50.6 Å². The molecule has 2 aromatic carbocycles. The smallest absolute Gasteiger partial charge is 0.272 e. The molecular formula is C28H29N5O3. The van der Waals surface area contributed by atoms with Gasteiger partial charge in [-0.2, -0.15) is 5.10 Å². The molecule has 3 heterocycles. The van der Waals surface area contributed by atoms with Crippen molar-refractivity contribution >= 4 is 22.7 Å². The third kappa shape index (κ3) is 4.34. The summed E-state index contributed by atoms with van der Waals surface area (Å²) in [6, 6.07) is 18.0. The van der Waals surface area contributed by atoms with Crippen LogP contribution in [0.15, 0.2) is 54.6 Å². The van der Waals surface area contributed by atoms with Crippen LogP contribution >= 0.6 is 0 Å². The number of carbonyl (C=O) groups is 2. The fraction of sp³-hybridized carbons (Fsp3) is 0.321. The van der Waals surface area contributed by atoms with Gasteiger partial charge >= 0.3 is 0 Å². The summed E-state index contributed by atoms with van der Waals surface area (Å²) in [5.41, 5.74) is 5.03. The minimum Gasteiger partial charge on any atom is -0.497 e. The van der Waals surface area contributed by atoms with Gasteiger partial charge in [0, 0.05) is 47.7 Å². The number of nitrogens with zero attached hydrogens (tertiary/aromatic N) is 3. The van der Waals surface area contributed by atoms with Gasteiger partial charge in [-0.15, -0.1) is 0 Å². The number of nitrogens with one attached hydrogen (secondary N) is 2. The maximum absolute atomic E-state index is 13.4. The topological polar surface area (TPSA) is 92.2 Å². The average molecular weight is 484 g/mol. The average Bonchev–Trinajstić information content (AvgIpc) is 3.49. The van der Waals surface area contributed by atoms with E-state index in [0.717, 1.165) is 47.2 Å². The molecule has 4 aromatic rings. The molecule has 1 saturated carbocycles. The van der Waals surface area contributed by atoms with E-state index in [1.807, 2.05) is 52.0 Å². The molecule has 2 N–H and O–H groups in total. The van der Waals surface area contributed by atoms with Gasteiger partial charge in [0.1, 0.15) is 11.4 Å². The molecule has 1 aliphatic heterocycles. The Labute approximate surface area is 209 Å². The van der Waals surface area contributed by atoms with E-state index in [0.29, 0.717) is 37.4 Å². The first-order valence-electron chi connectivity index (χ1n) is 12.5. The number of para-hydroxylation sites is 1. The predicted octanol–water partition coefficient (Wildman–Crippen LogP) is 3.71. The molecule has 0 radical (unpaired) electrons. The number of rotatable bonds is 7. The fourth-order valence-corrected chi connectivity index (χ4v) is 4.90. The highest BCUT2D eigenvalue weighted by Crippen LogP contribution is 2.27. The molecule has 36 heavy (non-hydrogen) atoms. The standard InChI is InChI=1S/C28H29N5O3/c1-36-21-10-6-18(7-11-21)12-15-33-25-13-14-32(17-22(25)26(31-33)27(34)29-20-8-9-20)28(35)24-16-19-4-2-3-5-23(19)30-24/h2-7,10-11,16,20,30H,8-9,12-15,17H2,1H3,(H,29,34). The molecule has 0 saturated heterocycles. The molecule has 2 aromatic heterocycles. The number of aromatic amines is 1. The van der Waals surface area contributed by atoms with Crippen LogP contribution in [0.2, 0.25) is 0 Å². The van der Waals surface area contributed by atoms with Crippen LogP contribution in [0.4, 0.5) is 0 Å². The van der Waals surface area contributed by atoms with Gasteiger partial charge in [-0.1, -0.05) is 30.3 Å². The molecule has 0 spiro atoms. The van der Waals surface area contributed by atoms with E-state index in [9.17, 15) is 9.59 Å². The van der Waals surface area contributed by atoms with Crippen molar-refractivity contribution in [2.45, 2.75) is 44.8 Å². The summed E-state index contributed by atoms with van der Waals surface area (Å²) in [6.07, 6.45) is 3.47. The van der Waals surface area contributed by atoms with Gasteiger partial charge in [-0.3, -0.25) is 14.3 Å². The third-order valence-corrected chi connectivity index (χ3v) is 7.08. The number of hydrogen-bond acceptors (Lipinski definition) is 4. The molecule has 2 amide bonds. The number of amides is 2. The van der Waals surface area contributed by atoms with Crippen LogP contribution in [-0.2, 0) is 25.9 Å². The molecular weight excluding hydrogens is 454 g/mol. The Morgan fingerprint density at radius 2 is 1.94 bits per heavy atom. The molecule has 0 atom stereocenters. The number of methoxy groups -OCH3 is 1. The minimum absolute atomic E-state index is 0.0589. The lowest BCUT2D eigenvalue weighted by Crippen LogP contribution is -2.37. The van der Waals surface area contributed by atoms with Crippen LogP contribution in [0, 0.1) is 0 Å². The summed E-state index contributed by atoms with van der Waals surface area (Å²) in [4.78, 5) is 31.5. The summed E-state index contributed by atoms with van der Waals surface area (Å²) < 4.78 is 7.22. The van der Waals surface area contributed by atoms with E-state index < -0.39 is 0 Å². The van der Waals surface area contributed by atoms with Gasteiger partial charge in [0.25, 0.3) is 11.8 Å². The second-order valence-electron chi connectivity index (χ2n) is 9.59. The number of hydrogen-bond donors (Lipinski definition) is 2. The van der Waals surface area contributed by atoms with Gasteiger partial charge in [0.2, 0.25) is 0 Å². The number of aromatic nitrogens is 3. The zero-order valence-corrected chi connectivity index (χ0v) is 20.3. The maximum atomic E-state index is 13.4. The lowest BCUT2D eigenvalue weighted by molar-refractivity contribution is 0.0725. The molecule has 1 aliphatic carbocycles. The van der Waals surface area contributed by atoms with Crippen LogP contribution < -0.4 is 10.1 Å². The zero-order chi connectivity index (χ0) is 24.6. The van der Waals surface area contributed by atoms with E-state index in [-0.39, 0.29) is 17.9 Å². The number of H-pyrrole nitrogens is 1. The Kier molecular flexibility index (Phi) is 5.71. The highest BCUT2D eigenvalue weighted by molar-refractivity contribution is 5.99. The Morgan fingerprint density at radius 1 is 1.14 bits per heavy atom. The highest BCUT2D eigenvalue weighted by Gasteiger charge is 2.33. The van der Waals surface area contributed by atoms with Gasteiger partial charge in [0.05, 0.1) is 13.7 Å². The molecule has 8 nitrogen and oxygen atoms in total. The summed E-state index contributed by atoms with van der Waals surface area (Å²) in [5.74, 6) is 0.627. The first-order chi connectivity index (χ1) is 17.6. The predicted molar refractivity (Wildman–Crippen MR) is 136 cm³/mol. The van der Waals surface area contributed by atoms with Crippen molar-refractivity contribution in [1.82, 2.24) is 25.0 Å². The second kappa shape index (κ2) is 9.18. The van der Waals surface area contributed by atoms with Crippen molar-refractivity contribution in [3.05, 3.63) is 82.8 Å². The van der Waals surface area contributed by atoms with Gasteiger partial charge in [-0.25, -0.2) is 0 Å². The summed E-state index contributed by atoms with van der Waals surface area (Å²) in [5, 5.41) is 8.84. The fourth-order valence-electron chi connectivity index (χ4n) is 4.90. The van der Waals surface area contributed by atoms with Crippen LogP contribution in [0.25, 0.3) is 10.9 Å². The number of carbonyl (C=O) groups excluding carboxylic acids is 2. The Hall–Kier alpha value is -4.07.